The third-order valence-electron chi connectivity index (χ3n) is 7.42. The van der Waals surface area contributed by atoms with Gasteiger partial charge in [0.05, 0.1) is 17.3 Å². The summed E-state index contributed by atoms with van der Waals surface area (Å²) in [6.07, 6.45) is 0.709. The van der Waals surface area contributed by atoms with Gasteiger partial charge < -0.3 is 9.47 Å². The molecule has 0 aliphatic carbocycles. The molecule has 1 fully saturated rings. The summed E-state index contributed by atoms with van der Waals surface area (Å²) in [6, 6.07) is 4.86. The lowest BCUT2D eigenvalue weighted by atomic mass is 10.1. The van der Waals surface area contributed by atoms with E-state index in [9.17, 15) is 27.6 Å². The van der Waals surface area contributed by atoms with Crippen molar-refractivity contribution in [1.82, 2.24) is 33.4 Å². The normalized spacial score (nSPS) is 15.9. The highest BCUT2D eigenvalue weighted by Gasteiger charge is 2.32. The van der Waals surface area contributed by atoms with E-state index < -0.39 is 11.7 Å². The molecule has 218 valence electrons. The van der Waals surface area contributed by atoms with Crippen LogP contribution in [0.2, 0.25) is 0 Å². The van der Waals surface area contributed by atoms with Crippen molar-refractivity contribution in [2.45, 2.75) is 65.5 Å². The molecule has 4 heterocycles. The average Bonchev–Trinajstić information content (AvgIpc) is 3.61. The lowest BCUT2D eigenvalue weighted by Crippen LogP contribution is -2.40. The Labute approximate surface area is 233 Å². The first-order valence-corrected chi connectivity index (χ1v) is 13.7. The van der Waals surface area contributed by atoms with E-state index in [0.29, 0.717) is 73.6 Å². The number of imidazole rings is 1. The number of amides is 1. The van der Waals surface area contributed by atoms with Gasteiger partial charge in [0, 0.05) is 58.3 Å². The number of carbonyl (C=O) groups is 1. The van der Waals surface area contributed by atoms with E-state index in [0.717, 1.165) is 12.1 Å². The lowest BCUT2D eigenvalue weighted by molar-refractivity contribution is -0.137. The summed E-state index contributed by atoms with van der Waals surface area (Å²) in [7, 11) is 1.75. The monoisotopic (exact) mass is 571 g/mol. The van der Waals surface area contributed by atoms with E-state index in [4.69, 9.17) is 0 Å². The molecule has 1 atom stereocenters. The molecule has 41 heavy (non-hydrogen) atoms. The standard InChI is InChI=1S/C28H32F3N7O3/c1-4-10-37-25-23(26(40)38(11-5-2)27(37)41)34(3)24(33-25)20-13-32-36(17-20)16-19-12-22(39)35(15-19)14-18-6-8-21(9-7-18)28(29,30)31/h6-9,13,17,19H,4-5,10-12,14-16H2,1-3H3. The number of carbonyl (C=O) groups excluding carboxylic acids is 1. The Kier molecular flexibility index (Phi) is 7.62. The van der Waals surface area contributed by atoms with Crippen LogP contribution in [0, 0.1) is 5.92 Å². The highest BCUT2D eigenvalue weighted by molar-refractivity contribution is 5.78. The fourth-order valence-corrected chi connectivity index (χ4v) is 5.46. The molecule has 0 N–H and O–H groups in total. The van der Waals surface area contributed by atoms with Crippen molar-refractivity contribution in [3.05, 3.63) is 68.6 Å². The van der Waals surface area contributed by atoms with Crippen LogP contribution < -0.4 is 11.2 Å². The Morgan fingerprint density at radius 3 is 2.34 bits per heavy atom. The predicted molar refractivity (Wildman–Crippen MR) is 146 cm³/mol. The number of benzene rings is 1. The second-order valence-electron chi connectivity index (χ2n) is 10.5. The van der Waals surface area contributed by atoms with Crippen molar-refractivity contribution in [1.29, 1.82) is 0 Å². The van der Waals surface area contributed by atoms with Gasteiger partial charge in [0.1, 0.15) is 5.82 Å². The van der Waals surface area contributed by atoms with Gasteiger partial charge >= 0.3 is 11.9 Å². The Morgan fingerprint density at radius 1 is 1.00 bits per heavy atom. The van der Waals surface area contributed by atoms with Crippen molar-refractivity contribution in [3.63, 3.8) is 0 Å². The van der Waals surface area contributed by atoms with Crippen LogP contribution in [0.25, 0.3) is 22.6 Å². The number of rotatable bonds is 9. The zero-order valence-corrected chi connectivity index (χ0v) is 23.2. The van der Waals surface area contributed by atoms with Crippen LogP contribution in [-0.2, 0) is 44.2 Å². The van der Waals surface area contributed by atoms with Crippen LogP contribution >= 0.6 is 0 Å². The van der Waals surface area contributed by atoms with Gasteiger partial charge in [-0.2, -0.15) is 18.3 Å². The first-order chi connectivity index (χ1) is 19.5. The number of nitrogens with zero attached hydrogens (tertiary/aromatic N) is 7. The summed E-state index contributed by atoms with van der Waals surface area (Å²) < 4.78 is 44.8. The summed E-state index contributed by atoms with van der Waals surface area (Å²) in [6.45, 7) is 5.80. The first-order valence-electron chi connectivity index (χ1n) is 13.7. The maximum absolute atomic E-state index is 13.2. The molecule has 1 aromatic carbocycles. The number of hydrogen-bond donors (Lipinski definition) is 0. The summed E-state index contributed by atoms with van der Waals surface area (Å²) in [5, 5.41) is 4.45. The molecule has 1 saturated heterocycles. The number of fused-ring (bicyclic) bond motifs is 1. The maximum atomic E-state index is 13.2. The Bertz CT molecular complexity index is 1700. The molecule has 0 radical (unpaired) electrons. The maximum Gasteiger partial charge on any atom is 0.416 e. The molecular weight excluding hydrogens is 539 g/mol. The number of likely N-dealkylation sites (tertiary alicyclic amines) is 1. The van der Waals surface area contributed by atoms with E-state index >= 15 is 0 Å². The van der Waals surface area contributed by atoms with Crippen LogP contribution in [0.15, 0.2) is 46.2 Å². The van der Waals surface area contributed by atoms with Crippen molar-refractivity contribution in [3.8, 4) is 11.4 Å². The molecule has 3 aromatic heterocycles. The molecule has 5 rings (SSSR count). The van der Waals surface area contributed by atoms with Gasteiger partial charge in [-0.05, 0) is 30.5 Å². The van der Waals surface area contributed by atoms with E-state index in [2.05, 4.69) is 10.1 Å². The van der Waals surface area contributed by atoms with Crippen LogP contribution in [0.3, 0.4) is 0 Å². The largest absolute Gasteiger partial charge is 0.416 e. The summed E-state index contributed by atoms with van der Waals surface area (Å²) in [4.78, 5) is 45.3. The molecule has 0 spiro atoms. The SMILES string of the molecule is CCCn1c(=O)c2c(nc(-c3cnn(CC4CC(=O)N(Cc5ccc(C(F)(F)F)cc5)C4)c3)n2C)n(CCC)c1=O. The number of halogens is 3. The lowest BCUT2D eigenvalue weighted by Gasteiger charge is -2.17. The van der Waals surface area contributed by atoms with Crippen LogP contribution in [-0.4, -0.2) is 45.8 Å². The van der Waals surface area contributed by atoms with Crippen molar-refractivity contribution >= 4 is 17.1 Å². The second-order valence-corrected chi connectivity index (χ2v) is 10.5. The van der Waals surface area contributed by atoms with Gasteiger partial charge in [-0.15, -0.1) is 0 Å². The molecule has 0 bridgehead atoms. The Balaban J connectivity index is 1.34. The quantitative estimate of drug-likeness (QED) is 0.306. The molecular formula is C28H32F3N7O3. The number of alkyl halides is 3. The van der Waals surface area contributed by atoms with Gasteiger partial charge in [0.25, 0.3) is 5.56 Å². The molecule has 1 amide bonds. The molecule has 1 aliphatic heterocycles. The minimum absolute atomic E-state index is 0.0267. The van der Waals surface area contributed by atoms with Crippen molar-refractivity contribution < 1.29 is 18.0 Å². The van der Waals surface area contributed by atoms with E-state index in [1.807, 2.05) is 13.8 Å². The highest BCUT2D eigenvalue weighted by Crippen LogP contribution is 2.30. The molecule has 4 aromatic rings. The molecule has 10 nitrogen and oxygen atoms in total. The van der Waals surface area contributed by atoms with Crippen LogP contribution in [0.5, 0.6) is 0 Å². The smallest absolute Gasteiger partial charge is 0.338 e. The van der Waals surface area contributed by atoms with Gasteiger partial charge in [-0.1, -0.05) is 26.0 Å². The number of hydrogen-bond acceptors (Lipinski definition) is 5. The zero-order valence-electron chi connectivity index (χ0n) is 23.2. The van der Waals surface area contributed by atoms with Gasteiger partial charge in [-0.25, -0.2) is 9.78 Å². The zero-order chi connectivity index (χ0) is 29.5. The highest BCUT2D eigenvalue weighted by atomic mass is 19.4. The minimum Gasteiger partial charge on any atom is -0.338 e. The minimum atomic E-state index is -4.40. The first kappa shape index (κ1) is 28.4. The summed E-state index contributed by atoms with van der Waals surface area (Å²) in [5.74, 6) is 0.421. The summed E-state index contributed by atoms with van der Waals surface area (Å²) in [5.41, 5.74) is 0.557. The molecule has 0 saturated carbocycles. The van der Waals surface area contributed by atoms with Gasteiger partial charge in [0.2, 0.25) is 5.91 Å². The van der Waals surface area contributed by atoms with E-state index in [1.165, 1.54) is 16.7 Å². The van der Waals surface area contributed by atoms with E-state index in [-0.39, 0.29) is 29.6 Å². The van der Waals surface area contributed by atoms with Crippen LogP contribution in [0.1, 0.15) is 44.2 Å². The Morgan fingerprint density at radius 2 is 1.68 bits per heavy atom. The number of aromatic nitrogens is 6. The molecule has 13 heteroatoms. The summed E-state index contributed by atoms with van der Waals surface area (Å²) >= 11 is 0. The van der Waals surface area contributed by atoms with E-state index in [1.54, 1.807) is 38.2 Å². The van der Waals surface area contributed by atoms with Crippen LogP contribution in [0.4, 0.5) is 13.2 Å². The third-order valence-corrected chi connectivity index (χ3v) is 7.42. The third kappa shape index (κ3) is 5.44. The van der Waals surface area contributed by atoms with Crippen molar-refractivity contribution in [2.24, 2.45) is 13.0 Å². The van der Waals surface area contributed by atoms with Crippen molar-refractivity contribution in [2.75, 3.05) is 6.54 Å². The molecule has 1 unspecified atom stereocenters. The molecule has 1 aliphatic rings. The predicted octanol–water partition coefficient (Wildman–Crippen LogP) is 3.65. The fourth-order valence-electron chi connectivity index (χ4n) is 5.46. The second kappa shape index (κ2) is 11.0. The average molecular weight is 572 g/mol. The number of aryl methyl sites for hydroxylation is 2. The topological polar surface area (TPSA) is 99.9 Å². The Hall–Kier alpha value is -4.16. The van der Waals surface area contributed by atoms with Gasteiger partial charge in [-0.3, -0.25) is 23.4 Å². The fraction of sp³-hybridized carbons (Fsp3) is 0.464. The van der Waals surface area contributed by atoms with Gasteiger partial charge in [0.15, 0.2) is 11.2 Å².